The van der Waals surface area contributed by atoms with Crippen LogP contribution in [-0.2, 0) is 4.79 Å². The minimum absolute atomic E-state index is 0.0795. The van der Waals surface area contributed by atoms with E-state index in [0.717, 1.165) is 17.2 Å². The number of Topliss-reactive ketones (excluding diaryl/α,β-unsaturated/α-hetero) is 1. The number of benzene rings is 2. The summed E-state index contributed by atoms with van der Waals surface area (Å²) in [7, 11) is 0. The lowest BCUT2D eigenvalue weighted by molar-refractivity contribution is -0.122. The third kappa shape index (κ3) is 2.65. The second kappa shape index (κ2) is 6.32. The van der Waals surface area contributed by atoms with Crippen LogP contribution in [0.1, 0.15) is 39.2 Å². The summed E-state index contributed by atoms with van der Waals surface area (Å²) < 4.78 is 1.51. The second-order valence-electron chi connectivity index (χ2n) is 5.76. The lowest BCUT2D eigenvalue weighted by Gasteiger charge is -2.17. The molecular formula is C19H20N2O2. The monoisotopic (exact) mass is 308 g/mol. The predicted octanol–water partition coefficient (Wildman–Crippen LogP) is 3.87. The van der Waals surface area contributed by atoms with E-state index in [-0.39, 0.29) is 11.3 Å². The van der Waals surface area contributed by atoms with E-state index in [2.05, 4.69) is 4.98 Å². The highest BCUT2D eigenvalue weighted by atomic mass is 16.1. The Morgan fingerprint density at radius 3 is 2.65 bits per heavy atom. The normalized spacial score (nSPS) is 12.6. The van der Waals surface area contributed by atoms with E-state index in [1.165, 1.54) is 10.9 Å². The van der Waals surface area contributed by atoms with Crippen LogP contribution < -0.4 is 5.56 Å². The van der Waals surface area contributed by atoms with Gasteiger partial charge in [-0.2, -0.15) is 0 Å². The Morgan fingerprint density at radius 2 is 1.91 bits per heavy atom. The average Bonchev–Trinajstić information content (AvgIpc) is 2.59. The Balaban J connectivity index is 2.24. The van der Waals surface area contributed by atoms with Crippen molar-refractivity contribution >= 4 is 27.5 Å². The number of hydrogen-bond acceptors (Lipinski definition) is 3. The molecule has 4 nitrogen and oxygen atoms in total. The van der Waals surface area contributed by atoms with Crippen LogP contribution >= 0.6 is 0 Å². The van der Waals surface area contributed by atoms with Gasteiger partial charge in [-0.25, -0.2) is 4.98 Å². The quantitative estimate of drug-likeness (QED) is 0.672. The summed E-state index contributed by atoms with van der Waals surface area (Å²) >= 11 is 0. The van der Waals surface area contributed by atoms with E-state index < -0.39 is 6.04 Å². The molecule has 0 aliphatic heterocycles. The van der Waals surface area contributed by atoms with Crippen LogP contribution in [0.25, 0.3) is 21.7 Å². The lowest BCUT2D eigenvalue weighted by Crippen LogP contribution is -2.30. The molecule has 1 atom stereocenters. The number of carbonyl (C=O) groups is 1. The Kier molecular flexibility index (Phi) is 4.24. The molecule has 0 radical (unpaired) electrons. The fourth-order valence-corrected chi connectivity index (χ4v) is 3.06. The van der Waals surface area contributed by atoms with Gasteiger partial charge in [0.25, 0.3) is 5.56 Å². The van der Waals surface area contributed by atoms with Gasteiger partial charge in [0.05, 0.1) is 23.3 Å². The molecule has 1 heterocycles. The van der Waals surface area contributed by atoms with Crippen LogP contribution in [0.2, 0.25) is 0 Å². The highest BCUT2D eigenvalue weighted by Crippen LogP contribution is 2.22. The van der Waals surface area contributed by atoms with Crippen LogP contribution in [0.5, 0.6) is 0 Å². The van der Waals surface area contributed by atoms with E-state index in [9.17, 15) is 9.59 Å². The van der Waals surface area contributed by atoms with Crippen molar-refractivity contribution in [2.75, 3.05) is 0 Å². The van der Waals surface area contributed by atoms with Crippen LogP contribution in [0.3, 0.4) is 0 Å². The summed E-state index contributed by atoms with van der Waals surface area (Å²) in [6.07, 6.45) is 3.46. The van der Waals surface area contributed by atoms with E-state index in [0.29, 0.717) is 23.7 Å². The first-order valence-corrected chi connectivity index (χ1v) is 8.08. The number of ketones is 1. The van der Waals surface area contributed by atoms with Gasteiger partial charge in [0.15, 0.2) is 5.78 Å². The van der Waals surface area contributed by atoms with E-state index in [1.807, 2.05) is 50.2 Å². The van der Waals surface area contributed by atoms with Crippen LogP contribution in [0.15, 0.2) is 47.5 Å². The molecule has 0 saturated heterocycles. The number of hydrogen-bond donors (Lipinski definition) is 0. The molecule has 3 aromatic rings. The molecular weight excluding hydrogens is 288 g/mol. The van der Waals surface area contributed by atoms with Gasteiger partial charge in [0, 0.05) is 11.8 Å². The fraction of sp³-hybridized carbons (Fsp3) is 0.316. The van der Waals surface area contributed by atoms with E-state index >= 15 is 0 Å². The van der Waals surface area contributed by atoms with Crippen molar-refractivity contribution in [1.29, 1.82) is 0 Å². The zero-order valence-corrected chi connectivity index (χ0v) is 13.5. The number of aromatic nitrogens is 2. The van der Waals surface area contributed by atoms with Crippen LogP contribution in [0.4, 0.5) is 0 Å². The van der Waals surface area contributed by atoms with Crippen molar-refractivity contribution in [2.45, 2.75) is 39.2 Å². The third-order valence-electron chi connectivity index (χ3n) is 4.29. The highest BCUT2D eigenvalue weighted by molar-refractivity contribution is 6.04. The highest BCUT2D eigenvalue weighted by Gasteiger charge is 2.20. The van der Waals surface area contributed by atoms with Crippen molar-refractivity contribution in [1.82, 2.24) is 9.55 Å². The van der Waals surface area contributed by atoms with Gasteiger partial charge < -0.3 is 0 Å². The zero-order chi connectivity index (χ0) is 16.4. The fourth-order valence-electron chi connectivity index (χ4n) is 3.06. The Morgan fingerprint density at radius 1 is 1.13 bits per heavy atom. The molecule has 3 rings (SSSR count). The summed E-state index contributed by atoms with van der Waals surface area (Å²) in [4.78, 5) is 29.6. The molecule has 0 N–H and O–H groups in total. The molecule has 0 fully saturated rings. The van der Waals surface area contributed by atoms with Gasteiger partial charge in [-0.05, 0) is 17.9 Å². The van der Waals surface area contributed by atoms with Gasteiger partial charge in [-0.15, -0.1) is 0 Å². The smallest absolute Gasteiger partial charge is 0.261 e. The molecule has 0 saturated carbocycles. The number of nitrogens with zero attached hydrogens (tertiary/aromatic N) is 2. The first-order valence-electron chi connectivity index (χ1n) is 8.08. The van der Waals surface area contributed by atoms with Crippen molar-refractivity contribution in [3.63, 3.8) is 0 Å². The summed E-state index contributed by atoms with van der Waals surface area (Å²) in [5, 5.41) is 2.58. The van der Waals surface area contributed by atoms with Gasteiger partial charge in [-0.3, -0.25) is 14.2 Å². The number of rotatable bonds is 5. The second-order valence-corrected chi connectivity index (χ2v) is 5.76. The Hall–Kier alpha value is -2.49. The van der Waals surface area contributed by atoms with Gasteiger partial charge in [0.2, 0.25) is 0 Å². The van der Waals surface area contributed by atoms with Crippen LogP contribution in [0, 0.1) is 0 Å². The molecule has 0 aliphatic carbocycles. The lowest BCUT2D eigenvalue weighted by atomic mass is 10.0. The number of carbonyl (C=O) groups excluding carboxylic acids is 1. The molecule has 23 heavy (non-hydrogen) atoms. The SMILES string of the molecule is CCCC(C(=O)CC)n1cnc2c(ccc3ccccc32)c1=O. The molecule has 1 aromatic heterocycles. The maximum atomic E-state index is 12.9. The largest absolute Gasteiger partial charge is 0.297 e. The summed E-state index contributed by atoms with van der Waals surface area (Å²) in [6, 6.07) is 11.2. The first kappa shape index (κ1) is 15.4. The molecule has 4 heteroatoms. The van der Waals surface area contributed by atoms with E-state index in [1.54, 1.807) is 0 Å². The summed E-state index contributed by atoms with van der Waals surface area (Å²) in [5.41, 5.74) is 0.560. The molecule has 0 aliphatic rings. The molecule has 0 amide bonds. The molecule has 0 spiro atoms. The Bertz CT molecular complexity index is 927. The summed E-state index contributed by atoms with van der Waals surface area (Å²) in [5.74, 6) is 0.0795. The Labute approximate surface area is 134 Å². The minimum Gasteiger partial charge on any atom is -0.297 e. The van der Waals surface area contributed by atoms with Crippen molar-refractivity contribution in [3.05, 3.63) is 53.1 Å². The molecule has 1 unspecified atom stereocenters. The maximum Gasteiger partial charge on any atom is 0.261 e. The number of fused-ring (bicyclic) bond motifs is 3. The van der Waals surface area contributed by atoms with Crippen molar-refractivity contribution in [2.24, 2.45) is 0 Å². The van der Waals surface area contributed by atoms with Crippen molar-refractivity contribution in [3.8, 4) is 0 Å². The predicted molar refractivity (Wildman–Crippen MR) is 92.8 cm³/mol. The first-order chi connectivity index (χ1) is 11.2. The molecule has 2 aromatic carbocycles. The zero-order valence-electron chi connectivity index (χ0n) is 13.5. The van der Waals surface area contributed by atoms with Gasteiger partial charge >= 0.3 is 0 Å². The topological polar surface area (TPSA) is 52.0 Å². The van der Waals surface area contributed by atoms with E-state index in [4.69, 9.17) is 0 Å². The van der Waals surface area contributed by atoms with Crippen molar-refractivity contribution < 1.29 is 4.79 Å². The minimum atomic E-state index is -0.416. The standard InChI is InChI=1S/C19H20N2O2/c1-3-7-16(17(22)4-2)21-12-20-18-14-9-6-5-8-13(14)10-11-15(18)19(21)23/h5-6,8-12,16H,3-4,7H2,1-2H3. The summed E-state index contributed by atoms with van der Waals surface area (Å²) in [6.45, 7) is 3.85. The van der Waals surface area contributed by atoms with Crippen LogP contribution in [-0.4, -0.2) is 15.3 Å². The molecule has 118 valence electrons. The van der Waals surface area contributed by atoms with Gasteiger partial charge in [-0.1, -0.05) is 50.6 Å². The van der Waals surface area contributed by atoms with Gasteiger partial charge in [0.1, 0.15) is 0 Å². The average molecular weight is 308 g/mol. The maximum absolute atomic E-state index is 12.9. The molecule has 0 bridgehead atoms. The third-order valence-corrected chi connectivity index (χ3v) is 4.29.